The molecule has 1 aromatic rings. The van der Waals surface area contributed by atoms with E-state index in [1.807, 2.05) is 11.8 Å². The predicted molar refractivity (Wildman–Crippen MR) is 63.6 cm³/mol. The Hall–Kier alpha value is -1.65. The summed E-state index contributed by atoms with van der Waals surface area (Å²) < 4.78 is 13.0. The smallest absolute Gasteiger partial charge is 0.295 e. The molecule has 0 N–H and O–H groups in total. The lowest BCUT2D eigenvalue weighted by atomic mass is 10.0. The second-order valence-corrected chi connectivity index (χ2v) is 4.59. The number of anilines is 1. The van der Waals surface area contributed by atoms with Gasteiger partial charge in [0.05, 0.1) is 11.0 Å². The van der Waals surface area contributed by atoms with E-state index >= 15 is 0 Å². The molecular formula is C12H15FN2O2. The van der Waals surface area contributed by atoms with Gasteiger partial charge in [0.2, 0.25) is 0 Å². The minimum absolute atomic E-state index is 0.147. The molecule has 2 atom stereocenters. The van der Waals surface area contributed by atoms with Gasteiger partial charge in [0, 0.05) is 12.6 Å². The molecule has 92 valence electrons. The summed E-state index contributed by atoms with van der Waals surface area (Å²) in [6.45, 7) is 4.96. The Balaban J connectivity index is 2.42. The first-order chi connectivity index (χ1) is 8.00. The molecule has 2 unspecified atom stereocenters. The molecule has 0 saturated carbocycles. The van der Waals surface area contributed by atoms with Crippen LogP contribution < -0.4 is 4.90 Å². The standard InChI is InChI=1S/C12H15FN2O2/c1-8-5-6-14(9(8)2)11-4-3-10(13)7-12(11)15(16)17/h3-4,7-9H,5-6H2,1-2H3. The first-order valence-corrected chi connectivity index (χ1v) is 5.71. The lowest BCUT2D eigenvalue weighted by molar-refractivity contribution is -0.384. The molecule has 1 aliphatic rings. The maximum Gasteiger partial charge on any atom is 0.295 e. The third-order valence-electron chi connectivity index (χ3n) is 3.58. The van der Waals surface area contributed by atoms with Crippen molar-refractivity contribution < 1.29 is 9.31 Å². The summed E-state index contributed by atoms with van der Waals surface area (Å²) >= 11 is 0. The third-order valence-corrected chi connectivity index (χ3v) is 3.58. The van der Waals surface area contributed by atoms with Crippen LogP contribution in [0, 0.1) is 21.8 Å². The summed E-state index contributed by atoms with van der Waals surface area (Å²) in [5, 5.41) is 10.9. The molecule has 4 nitrogen and oxygen atoms in total. The van der Waals surface area contributed by atoms with Crippen molar-refractivity contribution in [3.63, 3.8) is 0 Å². The minimum atomic E-state index is -0.569. The van der Waals surface area contributed by atoms with E-state index in [0.717, 1.165) is 19.0 Å². The molecule has 0 radical (unpaired) electrons. The Morgan fingerprint density at radius 3 is 2.71 bits per heavy atom. The van der Waals surface area contributed by atoms with E-state index in [0.29, 0.717) is 11.6 Å². The highest BCUT2D eigenvalue weighted by Crippen LogP contribution is 2.35. The molecule has 0 aromatic heterocycles. The van der Waals surface area contributed by atoms with E-state index in [4.69, 9.17) is 0 Å². The fourth-order valence-corrected chi connectivity index (χ4v) is 2.32. The largest absolute Gasteiger partial charge is 0.363 e. The number of hydrogen-bond donors (Lipinski definition) is 0. The van der Waals surface area contributed by atoms with E-state index in [2.05, 4.69) is 6.92 Å². The lowest BCUT2D eigenvalue weighted by Crippen LogP contribution is -2.29. The predicted octanol–water partition coefficient (Wildman–Crippen LogP) is 2.97. The van der Waals surface area contributed by atoms with Crippen molar-refractivity contribution in [1.29, 1.82) is 0 Å². The molecule has 0 amide bonds. The number of benzene rings is 1. The van der Waals surface area contributed by atoms with E-state index in [1.54, 1.807) is 0 Å². The highest BCUT2D eigenvalue weighted by Gasteiger charge is 2.31. The minimum Gasteiger partial charge on any atom is -0.363 e. The topological polar surface area (TPSA) is 46.4 Å². The maximum atomic E-state index is 13.0. The maximum absolute atomic E-state index is 13.0. The molecule has 1 aliphatic heterocycles. The van der Waals surface area contributed by atoms with Gasteiger partial charge in [0.1, 0.15) is 11.5 Å². The monoisotopic (exact) mass is 238 g/mol. The van der Waals surface area contributed by atoms with Gasteiger partial charge < -0.3 is 4.90 Å². The Bertz CT molecular complexity index is 450. The Morgan fingerprint density at radius 2 is 2.18 bits per heavy atom. The molecule has 2 rings (SSSR count). The van der Waals surface area contributed by atoms with Crippen LogP contribution in [0.5, 0.6) is 0 Å². The zero-order chi connectivity index (χ0) is 12.6. The van der Waals surface area contributed by atoms with E-state index in [-0.39, 0.29) is 11.7 Å². The molecular weight excluding hydrogens is 223 g/mol. The van der Waals surface area contributed by atoms with Crippen molar-refractivity contribution in [3.8, 4) is 0 Å². The van der Waals surface area contributed by atoms with Crippen LogP contribution in [0.2, 0.25) is 0 Å². The van der Waals surface area contributed by atoms with Gasteiger partial charge in [0.25, 0.3) is 5.69 Å². The summed E-state index contributed by atoms with van der Waals surface area (Å²) in [5.74, 6) is -0.0694. The summed E-state index contributed by atoms with van der Waals surface area (Å²) in [6.07, 6.45) is 1.01. The Morgan fingerprint density at radius 1 is 1.47 bits per heavy atom. The Labute approximate surface area is 99.2 Å². The van der Waals surface area contributed by atoms with Crippen LogP contribution in [-0.4, -0.2) is 17.5 Å². The second-order valence-electron chi connectivity index (χ2n) is 4.59. The number of nitro groups is 1. The summed E-state index contributed by atoms with van der Waals surface area (Å²) in [5.41, 5.74) is 0.374. The fourth-order valence-electron chi connectivity index (χ4n) is 2.32. The first-order valence-electron chi connectivity index (χ1n) is 5.71. The van der Waals surface area contributed by atoms with Crippen LogP contribution in [0.15, 0.2) is 18.2 Å². The van der Waals surface area contributed by atoms with Crippen LogP contribution in [0.3, 0.4) is 0 Å². The van der Waals surface area contributed by atoms with E-state index < -0.39 is 10.7 Å². The van der Waals surface area contributed by atoms with Crippen molar-refractivity contribution >= 4 is 11.4 Å². The van der Waals surface area contributed by atoms with Gasteiger partial charge >= 0.3 is 0 Å². The molecule has 0 spiro atoms. The van der Waals surface area contributed by atoms with E-state index in [9.17, 15) is 14.5 Å². The van der Waals surface area contributed by atoms with Crippen molar-refractivity contribution in [2.75, 3.05) is 11.4 Å². The average molecular weight is 238 g/mol. The number of hydrogen-bond acceptors (Lipinski definition) is 3. The molecule has 0 aliphatic carbocycles. The van der Waals surface area contributed by atoms with Gasteiger partial charge in [0.15, 0.2) is 0 Å². The number of rotatable bonds is 2. The van der Waals surface area contributed by atoms with Crippen LogP contribution in [0.4, 0.5) is 15.8 Å². The molecule has 1 saturated heterocycles. The van der Waals surface area contributed by atoms with Crippen LogP contribution >= 0.6 is 0 Å². The quantitative estimate of drug-likeness (QED) is 0.587. The fraction of sp³-hybridized carbons (Fsp3) is 0.500. The number of halogens is 1. The van der Waals surface area contributed by atoms with Crippen LogP contribution in [0.25, 0.3) is 0 Å². The van der Waals surface area contributed by atoms with Gasteiger partial charge in [-0.05, 0) is 31.4 Å². The summed E-state index contributed by atoms with van der Waals surface area (Å²) in [7, 11) is 0. The lowest BCUT2D eigenvalue weighted by Gasteiger charge is -2.25. The SMILES string of the molecule is CC1CCN(c2ccc(F)cc2[N+](=O)[O-])C1C. The average Bonchev–Trinajstić information content (AvgIpc) is 2.60. The van der Waals surface area contributed by atoms with Crippen molar-refractivity contribution in [2.45, 2.75) is 26.3 Å². The van der Waals surface area contributed by atoms with Crippen LogP contribution in [-0.2, 0) is 0 Å². The third kappa shape index (κ3) is 2.09. The molecule has 1 fully saturated rings. The van der Waals surface area contributed by atoms with Gasteiger partial charge in [-0.3, -0.25) is 10.1 Å². The summed E-state index contributed by atoms with van der Waals surface area (Å²) in [4.78, 5) is 12.4. The number of nitro benzene ring substituents is 1. The highest BCUT2D eigenvalue weighted by atomic mass is 19.1. The van der Waals surface area contributed by atoms with E-state index in [1.165, 1.54) is 12.1 Å². The molecule has 0 bridgehead atoms. The molecule has 1 aromatic carbocycles. The van der Waals surface area contributed by atoms with Gasteiger partial charge in [-0.15, -0.1) is 0 Å². The zero-order valence-electron chi connectivity index (χ0n) is 9.89. The van der Waals surface area contributed by atoms with Crippen molar-refractivity contribution in [3.05, 3.63) is 34.1 Å². The first kappa shape index (κ1) is 11.8. The molecule has 5 heteroatoms. The molecule has 17 heavy (non-hydrogen) atoms. The van der Waals surface area contributed by atoms with Gasteiger partial charge in [-0.1, -0.05) is 6.92 Å². The second kappa shape index (κ2) is 4.31. The molecule has 1 heterocycles. The number of nitrogens with zero attached hydrogens (tertiary/aromatic N) is 2. The highest BCUT2D eigenvalue weighted by molar-refractivity contribution is 5.64. The van der Waals surface area contributed by atoms with Crippen LogP contribution in [0.1, 0.15) is 20.3 Å². The Kier molecular flexibility index (Phi) is 3.00. The normalized spacial score (nSPS) is 24.1. The van der Waals surface area contributed by atoms with Gasteiger partial charge in [-0.2, -0.15) is 0 Å². The summed E-state index contributed by atoms with van der Waals surface area (Å²) in [6, 6.07) is 4.02. The van der Waals surface area contributed by atoms with Crippen molar-refractivity contribution in [1.82, 2.24) is 0 Å². The van der Waals surface area contributed by atoms with Gasteiger partial charge in [-0.25, -0.2) is 4.39 Å². The zero-order valence-corrected chi connectivity index (χ0v) is 9.89. The van der Waals surface area contributed by atoms with Crippen molar-refractivity contribution in [2.24, 2.45) is 5.92 Å².